The minimum atomic E-state index is -2.86. The minimum Gasteiger partial charge on any atom is -1.00 e. The Hall–Kier alpha value is 1.56. The van der Waals surface area contributed by atoms with Gasteiger partial charge in [0.25, 0.3) is 0 Å². The van der Waals surface area contributed by atoms with Crippen molar-refractivity contribution in [3.05, 3.63) is 0 Å². The summed E-state index contributed by atoms with van der Waals surface area (Å²) in [6, 6.07) is 0. The first-order chi connectivity index (χ1) is 5.78. The molecule has 0 aromatic rings. The Labute approximate surface area is 169 Å². The molecule has 0 fully saturated rings. The van der Waals surface area contributed by atoms with Gasteiger partial charge in [-0.3, -0.25) is 0 Å². The fourth-order valence-electron chi connectivity index (χ4n) is 0.691. The van der Waals surface area contributed by atoms with Crippen molar-refractivity contribution in [2.24, 2.45) is 0 Å². The zero-order valence-electron chi connectivity index (χ0n) is 8.43. The van der Waals surface area contributed by atoms with Gasteiger partial charge in [0, 0.05) is 24.8 Å². The molecule has 10 heteroatoms. The second kappa shape index (κ2) is 11.6. The topological polar surface area (TPSA) is 138 Å². The normalized spacial score (nSPS) is 8.81. The fraction of sp³-hybridized carbons (Fsp3) is 0.500. The standard InChI is InChI=1S/C6H8O7.Ca.ClH.K/c7-3(8)1-6(13,5(11)12)2-4(9)10;;;/h13H,1-2H2,(H,7,8)(H,9,10)(H,11,12);;1H;/q;+2;;+1/p-3. The van der Waals surface area contributed by atoms with Crippen LogP contribution >= 0.6 is 0 Å². The Balaban J connectivity index is -0.000000240. The van der Waals surface area contributed by atoms with Gasteiger partial charge in [0.1, 0.15) is 0 Å². The summed E-state index contributed by atoms with van der Waals surface area (Å²) in [6.07, 6.45) is -2.59. The van der Waals surface area contributed by atoms with E-state index in [0.29, 0.717) is 0 Å². The molecule has 0 spiro atoms. The third-order valence-electron chi connectivity index (χ3n) is 1.27. The third kappa shape index (κ3) is 10.7. The summed E-state index contributed by atoms with van der Waals surface area (Å²) >= 11 is 0. The van der Waals surface area contributed by atoms with Gasteiger partial charge in [-0.2, -0.15) is 0 Å². The molecule has 0 aromatic heterocycles. The van der Waals surface area contributed by atoms with Crippen molar-refractivity contribution in [2.45, 2.75) is 18.4 Å². The third-order valence-corrected chi connectivity index (χ3v) is 1.27. The largest absolute Gasteiger partial charge is 2.00 e. The van der Waals surface area contributed by atoms with E-state index >= 15 is 0 Å². The second-order valence-electron chi connectivity index (χ2n) is 2.43. The fourth-order valence-corrected chi connectivity index (χ4v) is 0.691. The van der Waals surface area contributed by atoms with Crippen LogP contribution in [0.25, 0.3) is 0 Å². The molecular weight excluding hydrogens is 299 g/mol. The van der Waals surface area contributed by atoms with Crippen LogP contribution < -0.4 is 74.0 Å². The molecule has 2 N–H and O–H groups in total. The summed E-state index contributed by atoms with van der Waals surface area (Å²) in [4.78, 5) is 30.2. The molecule has 16 heavy (non-hydrogen) atoms. The predicted molar refractivity (Wildman–Crippen MR) is 37.6 cm³/mol. The first-order valence-corrected chi connectivity index (χ1v) is 3.13. The average molecular weight is 305 g/mol. The van der Waals surface area contributed by atoms with E-state index in [0.717, 1.165) is 0 Å². The number of carboxylic acid groups (broad SMARTS) is 3. The van der Waals surface area contributed by atoms with Gasteiger partial charge in [-0.05, 0) is 0 Å². The van der Waals surface area contributed by atoms with Gasteiger partial charge in [0.2, 0.25) is 0 Å². The molecule has 0 aliphatic rings. The number of aliphatic hydroxyl groups is 1. The van der Waals surface area contributed by atoms with E-state index in [1.807, 2.05) is 0 Å². The van der Waals surface area contributed by atoms with Gasteiger partial charge < -0.3 is 42.4 Å². The van der Waals surface area contributed by atoms with E-state index in [-0.39, 0.29) is 102 Å². The Morgan fingerprint density at radius 1 is 1.06 bits per heavy atom. The molecule has 0 aromatic carbocycles. The van der Waals surface area contributed by atoms with Crippen molar-refractivity contribution in [1.29, 1.82) is 0 Å². The van der Waals surface area contributed by atoms with Crippen LogP contribution in [0.4, 0.5) is 0 Å². The number of aliphatic carboxylic acids is 3. The van der Waals surface area contributed by atoms with Crippen LogP contribution in [-0.4, -0.2) is 71.5 Å². The van der Waals surface area contributed by atoms with E-state index in [1.165, 1.54) is 0 Å². The molecule has 0 radical (unpaired) electrons. The quantitative estimate of drug-likeness (QED) is 0.481. The Bertz CT molecular complexity index is 243. The van der Waals surface area contributed by atoms with Crippen LogP contribution in [-0.2, 0) is 14.4 Å². The van der Waals surface area contributed by atoms with E-state index in [9.17, 15) is 24.6 Å². The molecular formula is C6H6CaClKO7. The van der Waals surface area contributed by atoms with Crippen LogP contribution in [0.15, 0.2) is 0 Å². The van der Waals surface area contributed by atoms with Crippen molar-refractivity contribution in [2.75, 3.05) is 0 Å². The number of hydrogen-bond acceptors (Lipinski definition) is 6. The van der Waals surface area contributed by atoms with Gasteiger partial charge >= 0.3 is 95.1 Å². The van der Waals surface area contributed by atoms with Gasteiger partial charge in [0.05, 0.1) is 0 Å². The number of carbonyl (C=O) groups excluding carboxylic acids is 2. The minimum absolute atomic E-state index is 0. The molecule has 7 nitrogen and oxygen atoms in total. The van der Waals surface area contributed by atoms with Gasteiger partial charge in [-0.1, -0.05) is 0 Å². The Kier molecular flexibility index (Phi) is 19.0. The van der Waals surface area contributed by atoms with E-state index in [2.05, 4.69) is 0 Å². The first-order valence-electron chi connectivity index (χ1n) is 3.13. The number of rotatable bonds is 5. The van der Waals surface area contributed by atoms with Gasteiger partial charge in [-0.25, -0.2) is 4.79 Å². The molecule has 0 atom stereocenters. The molecule has 0 heterocycles. The number of carboxylic acids is 3. The maximum atomic E-state index is 10.3. The molecule has 0 rings (SSSR count). The van der Waals surface area contributed by atoms with Gasteiger partial charge in [0.15, 0.2) is 5.60 Å². The molecule has 0 aliphatic heterocycles. The summed E-state index contributed by atoms with van der Waals surface area (Å²) < 4.78 is 0. The molecule has 0 unspecified atom stereocenters. The van der Waals surface area contributed by atoms with E-state index in [4.69, 9.17) is 10.2 Å². The average Bonchev–Trinajstić information content (AvgIpc) is 1.82. The summed E-state index contributed by atoms with van der Waals surface area (Å²) in [7, 11) is 0. The zero-order valence-corrected chi connectivity index (χ0v) is 14.5. The van der Waals surface area contributed by atoms with Crippen molar-refractivity contribution in [1.82, 2.24) is 0 Å². The number of halogens is 1. The molecule has 0 saturated heterocycles. The summed E-state index contributed by atoms with van der Waals surface area (Å²) in [6.45, 7) is 0. The molecule has 0 aliphatic carbocycles. The van der Waals surface area contributed by atoms with Crippen molar-refractivity contribution >= 4 is 55.6 Å². The smallest absolute Gasteiger partial charge is 1.00 e. The summed E-state index contributed by atoms with van der Waals surface area (Å²) in [5, 5.41) is 37.2. The van der Waals surface area contributed by atoms with Crippen LogP contribution in [0.3, 0.4) is 0 Å². The van der Waals surface area contributed by atoms with Crippen molar-refractivity contribution in [3.63, 3.8) is 0 Å². The zero-order chi connectivity index (χ0) is 10.6. The van der Waals surface area contributed by atoms with Crippen molar-refractivity contribution in [3.8, 4) is 0 Å². The summed E-state index contributed by atoms with van der Waals surface area (Å²) in [5.41, 5.74) is -2.86. The van der Waals surface area contributed by atoms with Crippen LogP contribution in [0.1, 0.15) is 12.8 Å². The Morgan fingerprint density at radius 2 is 1.31 bits per heavy atom. The monoisotopic (exact) mass is 304 g/mol. The van der Waals surface area contributed by atoms with Crippen LogP contribution in [0.5, 0.6) is 0 Å². The van der Waals surface area contributed by atoms with E-state index in [1.54, 1.807) is 0 Å². The molecule has 0 bridgehead atoms. The van der Waals surface area contributed by atoms with Crippen LogP contribution in [0, 0.1) is 0 Å². The molecule has 0 saturated carbocycles. The molecule has 82 valence electrons. The number of hydrogen-bond donors (Lipinski definition) is 2. The van der Waals surface area contributed by atoms with E-state index < -0.39 is 36.4 Å². The van der Waals surface area contributed by atoms with Crippen LogP contribution in [0.2, 0.25) is 0 Å². The Morgan fingerprint density at radius 3 is 1.44 bits per heavy atom. The maximum Gasteiger partial charge on any atom is 2.00 e. The van der Waals surface area contributed by atoms with Gasteiger partial charge in [-0.15, -0.1) is 0 Å². The summed E-state index contributed by atoms with van der Waals surface area (Å²) in [5.74, 6) is -5.65. The van der Waals surface area contributed by atoms with Crippen molar-refractivity contribution < 1.29 is 98.6 Å². The molecule has 0 amide bonds. The first kappa shape index (κ1) is 26.2. The SMILES string of the molecule is O=C([O-])CC(O)(CC(=O)[O-])C(=O)O.[Ca+2].[Cl-].[K+]. The predicted octanol–water partition coefficient (Wildman–Crippen LogP) is -10.3. The maximum absolute atomic E-state index is 10.3. The number of carbonyl (C=O) groups is 3. The second-order valence-corrected chi connectivity index (χ2v) is 2.43.